The highest BCUT2D eigenvalue weighted by molar-refractivity contribution is 5.84. The standard InChI is InChI=1S/C26H28N2O/c29-26(25(23-17-9-3-10-18-23)28-19-11-4-12-20-28)27-24(21-13-5-1-6-14-21)22-15-7-2-8-16-22/h1-3,5-10,13-18,24-25H,4,11-12,19-20H2,(H,27,29)/t25-/m1/s1. The first-order valence-corrected chi connectivity index (χ1v) is 10.5. The van der Waals surface area contributed by atoms with E-state index >= 15 is 0 Å². The van der Waals surface area contributed by atoms with Crippen LogP contribution in [0.15, 0.2) is 91.0 Å². The lowest BCUT2D eigenvalue weighted by atomic mass is 9.96. The van der Waals surface area contributed by atoms with Gasteiger partial charge in [-0.25, -0.2) is 0 Å². The van der Waals surface area contributed by atoms with Crippen LogP contribution in [0, 0.1) is 0 Å². The molecule has 0 aliphatic carbocycles. The zero-order valence-electron chi connectivity index (χ0n) is 16.7. The number of carbonyl (C=O) groups is 1. The molecule has 3 heteroatoms. The molecule has 29 heavy (non-hydrogen) atoms. The predicted octanol–water partition coefficient (Wildman–Crippen LogP) is 5.12. The Morgan fingerprint density at radius 3 is 1.59 bits per heavy atom. The van der Waals surface area contributed by atoms with Gasteiger partial charge in [0.1, 0.15) is 6.04 Å². The van der Waals surface area contributed by atoms with Crippen molar-refractivity contribution in [3.63, 3.8) is 0 Å². The number of carbonyl (C=O) groups excluding carboxylic acids is 1. The second-order valence-corrected chi connectivity index (χ2v) is 7.67. The van der Waals surface area contributed by atoms with Crippen LogP contribution in [-0.4, -0.2) is 23.9 Å². The minimum absolute atomic E-state index is 0.0656. The van der Waals surface area contributed by atoms with Gasteiger partial charge in [-0.3, -0.25) is 9.69 Å². The maximum atomic E-state index is 13.6. The van der Waals surface area contributed by atoms with E-state index in [2.05, 4.69) is 46.6 Å². The summed E-state index contributed by atoms with van der Waals surface area (Å²) in [6.45, 7) is 1.93. The fraction of sp³-hybridized carbons (Fsp3) is 0.269. The molecule has 1 aliphatic heterocycles. The van der Waals surface area contributed by atoms with E-state index in [-0.39, 0.29) is 18.0 Å². The first-order chi connectivity index (χ1) is 14.3. The Hall–Kier alpha value is -2.91. The second kappa shape index (κ2) is 9.53. The minimum Gasteiger partial charge on any atom is -0.344 e. The Balaban J connectivity index is 1.65. The lowest BCUT2D eigenvalue weighted by molar-refractivity contribution is -0.127. The van der Waals surface area contributed by atoms with Gasteiger partial charge in [0.2, 0.25) is 5.91 Å². The molecule has 3 aromatic carbocycles. The molecule has 1 fully saturated rings. The number of rotatable bonds is 6. The van der Waals surface area contributed by atoms with Crippen molar-refractivity contribution in [2.75, 3.05) is 13.1 Å². The molecule has 1 aliphatic rings. The summed E-state index contributed by atoms with van der Waals surface area (Å²) >= 11 is 0. The van der Waals surface area contributed by atoms with Gasteiger partial charge in [-0.15, -0.1) is 0 Å². The van der Waals surface area contributed by atoms with Gasteiger partial charge in [0.25, 0.3) is 0 Å². The van der Waals surface area contributed by atoms with E-state index in [4.69, 9.17) is 0 Å². The summed E-state index contributed by atoms with van der Waals surface area (Å²) < 4.78 is 0. The van der Waals surface area contributed by atoms with Gasteiger partial charge in [0, 0.05) is 0 Å². The Kier molecular flexibility index (Phi) is 6.38. The Labute approximate surface area is 173 Å². The molecule has 0 unspecified atom stereocenters. The number of amides is 1. The first kappa shape index (κ1) is 19.4. The molecule has 0 radical (unpaired) electrons. The smallest absolute Gasteiger partial charge is 0.242 e. The average Bonchev–Trinajstić information content (AvgIpc) is 2.80. The topological polar surface area (TPSA) is 32.3 Å². The van der Waals surface area contributed by atoms with Crippen LogP contribution in [0.25, 0.3) is 0 Å². The van der Waals surface area contributed by atoms with Gasteiger partial charge in [-0.1, -0.05) is 97.4 Å². The van der Waals surface area contributed by atoms with Crippen LogP contribution >= 0.6 is 0 Å². The van der Waals surface area contributed by atoms with Crippen molar-refractivity contribution in [1.29, 1.82) is 0 Å². The maximum absolute atomic E-state index is 13.6. The van der Waals surface area contributed by atoms with Crippen LogP contribution in [0.5, 0.6) is 0 Å². The quantitative estimate of drug-likeness (QED) is 0.640. The molecule has 1 saturated heterocycles. The highest BCUT2D eigenvalue weighted by atomic mass is 16.2. The van der Waals surface area contributed by atoms with Gasteiger partial charge in [-0.05, 0) is 42.6 Å². The van der Waals surface area contributed by atoms with E-state index in [1.165, 1.54) is 6.42 Å². The van der Waals surface area contributed by atoms with E-state index in [1.807, 2.05) is 54.6 Å². The van der Waals surface area contributed by atoms with Gasteiger partial charge >= 0.3 is 0 Å². The zero-order chi connectivity index (χ0) is 19.9. The molecule has 3 aromatic rings. The van der Waals surface area contributed by atoms with Crippen molar-refractivity contribution in [3.8, 4) is 0 Å². The average molecular weight is 385 g/mol. The summed E-state index contributed by atoms with van der Waals surface area (Å²) in [4.78, 5) is 16.0. The monoisotopic (exact) mass is 384 g/mol. The van der Waals surface area contributed by atoms with E-state index in [9.17, 15) is 4.79 Å². The lowest BCUT2D eigenvalue weighted by Gasteiger charge is -2.35. The summed E-state index contributed by atoms with van der Waals surface area (Å²) in [6, 6.07) is 30.2. The fourth-order valence-electron chi connectivity index (χ4n) is 4.21. The SMILES string of the molecule is O=C(NC(c1ccccc1)c1ccccc1)[C@@H](c1ccccc1)N1CCCCC1. The summed E-state index contributed by atoms with van der Waals surface area (Å²) in [5, 5.41) is 3.36. The van der Waals surface area contributed by atoms with Crippen LogP contribution < -0.4 is 5.32 Å². The molecular formula is C26H28N2O. The predicted molar refractivity (Wildman–Crippen MR) is 117 cm³/mol. The Morgan fingerprint density at radius 1 is 0.655 bits per heavy atom. The molecule has 4 rings (SSSR count). The van der Waals surface area contributed by atoms with Crippen molar-refractivity contribution in [3.05, 3.63) is 108 Å². The molecule has 1 atom stereocenters. The van der Waals surface area contributed by atoms with Crippen LogP contribution in [0.1, 0.15) is 48.0 Å². The minimum atomic E-state index is -0.258. The number of nitrogens with one attached hydrogen (secondary N) is 1. The third kappa shape index (κ3) is 4.75. The van der Waals surface area contributed by atoms with Gasteiger partial charge in [0.15, 0.2) is 0 Å². The van der Waals surface area contributed by atoms with E-state index in [1.54, 1.807) is 0 Å². The molecule has 0 bridgehead atoms. The van der Waals surface area contributed by atoms with Crippen molar-refractivity contribution in [1.82, 2.24) is 10.2 Å². The molecule has 1 N–H and O–H groups in total. The number of nitrogens with zero attached hydrogens (tertiary/aromatic N) is 1. The molecular weight excluding hydrogens is 356 g/mol. The number of hydrogen-bond donors (Lipinski definition) is 1. The highest BCUT2D eigenvalue weighted by Gasteiger charge is 2.30. The Morgan fingerprint density at radius 2 is 1.10 bits per heavy atom. The van der Waals surface area contributed by atoms with Crippen LogP contribution in [0.2, 0.25) is 0 Å². The van der Waals surface area contributed by atoms with Crippen molar-refractivity contribution in [2.45, 2.75) is 31.3 Å². The maximum Gasteiger partial charge on any atom is 0.242 e. The van der Waals surface area contributed by atoms with Crippen molar-refractivity contribution >= 4 is 5.91 Å². The highest BCUT2D eigenvalue weighted by Crippen LogP contribution is 2.28. The molecule has 148 valence electrons. The van der Waals surface area contributed by atoms with E-state index < -0.39 is 0 Å². The molecule has 0 spiro atoms. The molecule has 0 aromatic heterocycles. The van der Waals surface area contributed by atoms with Gasteiger partial charge < -0.3 is 5.32 Å². The number of benzene rings is 3. The number of piperidine rings is 1. The fourth-order valence-corrected chi connectivity index (χ4v) is 4.21. The van der Waals surface area contributed by atoms with E-state index in [0.29, 0.717) is 0 Å². The zero-order valence-corrected chi connectivity index (χ0v) is 16.7. The second-order valence-electron chi connectivity index (χ2n) is 7.67. The van der Waals surface area contributed by atoms with E-state index in [0.717, 1.165) is 42.6 Å². The van der Waals surface area contributed by atoms with Crippen molar-refractivity contribution < 1.29 is 4.79 Å². The molecule has 3 nitrogen and oxygen atoms in total. The van der Waals surface area contributed by atoms with Gasteiger partial charge in [-0.2, -0.15) is 0 Å². The summed E-state index contributed by atoms with van der Waals surface area (Å²) in [5.74, 6) is 0.0656. The first-order valence-electron chi connectivity index (χ1n) is 10.5. The van der Waals surface area contributed by atoms with Crippen molar-refractivity contribution in [2.24, 2.45) is 0 Å². The van der Waals surface area contributed by atoms with Crippen LogP contribution in [0.3, 0.4) is 0 Å². The third-order valence-corrected chi connectivity index (χ3v) is 5.67. The normalized spacial score (nSPS) is 15.8. The summed E-state index contributed by atoms with van der Waals surface area (Å²) in [5.41, 5.74) is 3.25. The lowest BCUT2D eigenvalue weighted by Crippen LogP contribution is -2.44. The summed E-state index contributed by atoms with van der Waals surface area (Å²) in [7, 11) is 0. The Bertz CT molecular complexity index is 850. The third-order valence-electron chi connectivity index (χ3n) is 5.67. The number of likely N-dealkylation sites (tertiary alicyclic amines) is 1. The number of hydrogen-bond acceptors (Lipinski definition) is 2. The summed E-state index contributed by atoms with van der Waals surface area (Å²) in [6.07, 6.45) is 3.55. The van der Waals surface area contributed by atoms with Gasteiger partial charge in [0.05, 0.1) is 6.04 Å². The van der Waals surface area contributed by atoms with Crippen LogP contribution in [0.4, 0.5) is 0 Å². The molecule has 0 saturated carbocycles. The molecule has 1 heterocycles. The van der Waals surface area contributed by atoms with Crippen LogP contribution in [-0.2, 0) is 4.79 Å². The molecule has 1 amide bonds. The largest absolute Gasteiger partial charge is 0.344 e.